The largest absolute Gasteiger partial charge is 0.456 e. The summed E-state index contributed by atoms with van der Waals surface area (Å²) in [5.74, 6) is 1.83. The van der Waals surface area contributed by atoms with Crippen molar-refractivity contribution in [1.82, 2.24) is 19.5 Å². The Morgan fingerprint density at radius 3 is 1.93 bits per heavy atom. The first-order valence-electron chi connectivity index (χ1n) is 19.0. The highest BCUT2D eigenvalue weighted by atomic mass is 32.1. The van der Waals surface area contributed by atoms with Crippen LogP contribution >= 0.6 is 11.3 Å². The fraction of sp³-hybridized carbons (Fsp3) is 0. The summed E-state index contributed by atoms with van der Waals surface area (Å²) in [7, 11) is 0. The number of hydrogen-bond donors (Lipinski definition) is 0. The molecular formula is C51H30N4OS. The molecule has 0 amide bonds. The third-order valence-electron chi connectivity index (χ3n) is 11.1. The molecule has 0 fully saturated rings. The van der Waals surface area contributed by atoms with Crippen molar-refractivity contribution in [3.8, 4) is 51.0 Å². The molecule has 0 N–H and O–H groups in total. The number of furan rings is 1. The van der Waals surface area contributed by atoms with Gasteiger partial charge in [-0.05, 0) is 77.9 Å². The van der Waals surface area contributed by atoms with E-state index in [4.69, 9.17) is 19.4 Å². The lowest BCUT2D eigenvalue weighted by Crippen LogP contribution is -2.03. The molecule has 0 spiro atoms. The van der Waals surface area contributed by atoms with Gasteiger partial charge in [-0.3, -0.25) is 0 Å². The van der Waals surface area contributed by atoms with E-state index >= 15 is 0 Å². The second-order valence-corrected chi connectivity index (χ2v) is 15.4. The fourth-order valence-corrected chi connectivity index (χ4v) is 9.60. The average molecular weight is 747 g/mol. The summed E-state index contributed by atoms with van der Waals surface area (Å²) in [6, 6.07) is 63.8. The zero-order chi connectivity index (χ0) is 37.5. The number of benzene rings is 8. The normalized spacial score (nSPS) is 11.9. The second-order valence-electron chi connectivity index (χ2n) is 14.4. The third-order valence-corrected chi connectivity index (χ3v) is 12.2. The molecule has 0 aliphatic rings. The molecule has 0 atom stereocenters. The monoisotopic (exact) mass is 746 g/mol. The Labute approximate surface area is 330 Å². The minimum atomic E-state index is 0.600. The minimum Gasteiger partial charge on any atom is -0.456 e. The van der Waals surface area contributed by atoms with Crippen LogP contribution in [0.3, 0.4) is 0 Å². The minimum absolute atomic E-state index is 0.600. The van der Waals surface area contributed by atoms with Crippen LogP contribution in [-0.4, -0.2) is 19.5 Å². The molecule has 4 heterocycles. The van der Waals surface area contributed by atoms with E-state index < -0.39 is 0 Å². The first-order chi connectivity index (χ1) is 28.2. The molecule has 4 aromatic heterocycles. The van der Waals surface area contributed by atoms with Crippen LogP contribution < -0.4 is 0 Å². The van der Waals surface area contributed by atoms with Crippen LogP contribution in [0.15, 0.2) is 186 Å². The lowest BCUT2D eigenvalue weighted by Gasteiger charge is -2.15. The van der Waals surface area contributed by atoms with E-state index in [0.717, 1.165) is 60.7 Å². The Hall–Kier alpha value is -7.41. The standard InChI is InChI=1S/C51H30N4OS/c1-2-13-31(14-3-1)32-25-27-43-39(29-32)34-15-4-8-20-41(34)55(43)42-21-9-5-17-36(42)50-52-49(33-26-28-45-40(30-33)35-16-6-10-22-44(35)56-45)53-51(54-50)38-19-12-24-47-48(38)37-18-7-11-23-46(37)57-47/h1-30H. The van der Waals surface area contributed by atoms with Crippen LogP contribution in [0.1, 0.15) is 0 Å². The number of fused-ring (bicyclic) bond motifs is 9. The lowest BCUT2D eigenvalue weighted by molar-refractivity contribution is 0.669. The summed E-state index contributed by atoms with van der Waals surface area (Å²) in [5.41, 5.74) is 10.1. The van der Waals surface area contributed by atoms with Gasteiger partial charge in [-0.25, -0.2) is 15.0 Å². The fourth-order valence-electron chi connectivity index (χ4n) is 8.47. The van der Waals surface area contributed by atoms with Crippen LogP contribution in [0.4, 0.5) is 0 Å². The molecule has 0 radical (unpaired) electrons. The maximum Gasteiger partial charge on any atom is 0.166 e. The third kappa shape index (κ3) is 5.04. The van der Waals surface area contributed by atoms with Crippen molar-refractivity contribution >= 4 is 75.3 Å². The molecule has 0 unspecified atom stereocenters. The zero-order valence-electron chi connectivity index (χ0n) is 30.4. The quantitative estimate of drug-likeness (QED) is 0.176. The van der Waals surface area contributed by atoms with Crippen molar-refractivity contribution in [2.75, 3.05) is 0 Å². The topological polar surface area (TPSA) is 56.7 Å². The van der Waals surface area contributed by atoms with Gasteiger partial charge in [0.25, 0.3) is 0 Å². The van der Waals surface area contributed by atoms with E-state index in [2.05, 4.69) is 162 Å². The maximum absolute atomic E-state index is 6.21. The first kappa shape index (κ1) is 31.9. The number of para-hydroxylation sites is 3. The Bertz CT molecular complexity index is 3540. The van der Waals surface area contributed by atoms with E-state index in [9.17, 15) is 0 Å². The van der Waals surface area contributed by atoms with Gasteiger partial charge in [0, 0.05) is 58.4 Å². The van der Waals surface area contributed by atoms with Crippen molar-refractivity contribution in [2.45, 2.75) is 0 Å². The van der Waals surface area contributed by atoms with Gasteiger partial charge in [0.2, 0.25) is 0 Å². The van der Waals surface area contributed by atoms with Gasteiger partial charge in [-0.15, -0.1) is 11.3 Å². The Morgan fingerprint density at radius 1 is 0.386 bits per heavy atom. The lowest BCUT2D eigenvalue weighted by atomic mass is 10.0. The highest BCUT2D eigenvalue weighted by molar-refractivity contribution is 7.25. The van der Waals surface area contributed by atoms with Crippen LogP contribution in [0.25, 0.3) is 115 Å². The van der Waals surface area contributed by atoms with Crippen LogP contribution in [-0.2, 0) is 0 Å². The van der Waals surface area contributed by atoms with E-state index in [-0.39, 0.29) is 0 Å². The molecule has 6 heteroatoms. The van der Waals surface area contributed by atoms with Crippen LogP contribution in [0, 0.1) is 0 Å². The van der Waals surface area contributed by atoms with Gasteiger partial charge < -0.3 is 8.98 Å². The van der Waals surface area contributed by atoms with E-state index in [0.29, 0.717) is 17.5 Å². The highest BCUT2D eigenvalue weighted by Crippen LogP contribution is 2.42. The summed E-state index contributed by atoms with van der Waals surface area (Å²) in [6.45, 7) is 0. The van der Waals surface area contributed by atoms with Gasteiger partial charge >= 0.3 is 0 Å². The van der Waals surface area contributed by atoms with Gasteiger partial charge in [0.05, 0.1) is 16.7 Å². The Morgan fingerprint density at radius 2 is 1.02 bits per heavy atom. The Balaban J connectivity index is 1.12. The van der Waals surface area contributed by atoms with Crippen molar-refractivity contribution in [1.29, 1.82) is 0 Å². The van der Waals surface area contributed by atoms with E-state index in [1.807, 2.05) is 24.3 Å². The Kier molecular flexibility index (Phi) is 7.03. The molecule has 12 aromatic rings. The van der Waals surface area contributed by atoms with E-state index in [1.54, 1.807) is 11.3 Å². The second kappa shape index (κ2) is 12.6. The van der Waals surface area contributed by atoms with Crippen molar-refractivity contribution in [3.05, 3.63) is 182 Å². The number of thiophene rings is 1. The van der Waals surface area contributed by atoms with Gasteiger partial charge in [-0.1, -0.05) is 115 Å². The summed E-state index contributed by atoms with van der Waals surface area (Å²) in [4.78, 5) is 16.0. The van der Waals surface area contributed by atoms with E-state index in [1.165, 1.54) is 36.7 Å². The van der Waals surface area contributed by atoms with Crippen molar-refractivity contribution < 1.29 is 4.42 Å². The van der Waals surface area contributed by atoms with Gasteiger partial charge in [0.15, 0.2) is 17.5 Å². The smallest absolute Gasteiger partial charge is 0.166 e. The number of rotatable bonds is 5. The highest BCUT2D eigenvalue weighted by Gasteiger charge is 2.21. The van der Waals surface area contributed by atoms with Crippen LogP contribution in [0.5, 0.6) is 0 Å². The molecule has 0 saturated carbocycles. The average Bonchev–Trinajstić information content (AvgIpc) is 3.95. The summed E-state index contributed by atoms with van der Waals surface area (Å²) < 4.78 is 11.0. The van der Waals surface area contributed by atoms with Gasteiger partial charge in [-0.2, -0.15) is 0 Å². The number of nitrogens with zero attached hydrogens (tertiary/aromatic N) is 4. The number of aromatic nitrogens is 4. The predicted octanol–water partition coefficient (Wildman–Crippen LogP) is 13.9. The molecule has 0 saturated heterocycles. The molecule has 5 nitrogen and oxygen atoms in total. The summed E-state index contributed by atoms with van der Waals surface area (Å²) in [5, 5.41) is 6.82. The summed E-state index contributed by atoms with van der Waals surface area (Å²) in [6.07, 6.45) is 0. The molecule has 0 aliphatic carbocycles. The molecule has 0 bridgehead atoms. The molecule has 0 aliphatic heterocycles. The first-order valence-corrected chi connectivity index (χ1v) is 19.8. The molecular weight excluding hydrogens is 717 g/mol. The van der Waals surface area contributed by atoms with Crippen LogP contribution in [0.2, 0.25) is 0 Å². The molecule has 266 valence electrons. The molecule has 8 aromatic carbocycles. The van der Waals surface area contributed by atoms with Crippen molar-refractivity contribution in [3.63, 3.8) is 0 Å². The predicted molar refractivity (Wildman–Crippen MR) is 236 cm³/mol. The molecule has 57 heavy (non-hydrogen) atoms. The zero-order valence-corrected chi connectivity index (χ0v) is 31.2. The summed E-state index contributed by atoms with van der Waals surface area (Å²) >= 11 is 1.79. The van der Waals surface area contributed by atoms with Gasteiger partial charge in [0.1, 0.15) is 11.2 Å². The van der Waals surface area contributed by atoms with Crippen molar-refractivity contribution in [2.24, 2.45) is 0 Å². The SMILES string of the molecule is c1ccc(-c2ccc3c(c2)c2ccccc2n3-c2ccccc2-c2nc(-c3ccc4oc5ccccc5c4c3)nc(-c3cccc4sc5ccccc5c34)n2)cc1. The number of hydrogen-bond acceptors (Lipinski definition) is 5. The molecule has 12 rings (SSSR count). The maximum atomic E-state index is 6.21.